The number of benzene rings is 2. The molecule has 0 radical (unpaired) electrons. The first kappa shape index (κ1) is 23.6. The Kier molecular flexibility index (Phi) is 10.5. The SMILES string of the molecule is CCNC(=NCc1ccc(CN2CCCC2)cc1)NCc1ccccc1CO.I. The van der Waals surface area contributed by atoms with Crippen molar-refractivity contribution in [2.45, 2.75) is 46.0 Å². The molecule has 0 atom stereocenters. The third kappa shape index (κ3) is 7.60. The number of halogens is 1. The quantitative estimate of drug-likeness (QED) is 0.290. The monoisotopic (exact) mass is 508 g/mol. The van der Waals surface area contributed by atoms with Crippen LogP contribution in [0.5, 0.6) is 0 Å². The third-order valence-electron chi connectivity index (χ3n) is 5.13. The van der Waals surface area contributed by atoms with Crippen LogP contribution in [-0.4, -0.2) is 35.6 Å². The van der Waals surface area contributed by atoms with Crippen LogP contribution in [0, 0.1) is 0 Å². The number of hydrogen-bond acceptors (Lipinski definition) is 3. The fourth-order valence-electron chi connectivity index (χ4n) is 3.52. The molecule has 29 heavy (non-hydrogen) atoms. The van der Waals surface area contributed by atoms with E-state index in [1.54, 1.807) is 0 Å². The zero-order valence-corrected chi connectivity index (χ0v) is 19.6. The number of hydrogen-bond donors (Lipinski definition) is 3. The molecule has 0 bridgehead atoms. The summed E-state index contributed by atoms with van der Waals surface area (Å²) >= 11 is 0. The molecule has 2 aromatic carbocycles. The topological polar surface area (TPSA) is 59.9 Å². The van der Waals surface area contributed by atoms with Gasteiger partial charge in [0.25, 0.3) is 0 Å². The highest BCUT2D eigenvalue weighted by molar-refractivity contribution is 14.0. The number of likely N-dealkylation sites (tertiary alicyclic amines) is 1. The summed E-state index contributed by atoms with van der Waals surface area (Å²) in [6, 6.07) is 16.7. The minimum absolute atomic E-state index is 0. The Morgan fingerprint density at radius 3 is 2.28 bits per heavy atom. The van der Waals surface area contributed by atoms with E-state index in [2.05, 4.69) is 46.7 Å². The molecule has 0 amide bonds. The first-order valence-corrected chi connectivity index (χ1v) is 10.3. The summed E-state index contributed by atoms with van der Waals surface area (Å²) in [6.45, 7) is 7.70. The zero-order chi connectivity index (χ0) is 19.6. The van der Waals surface area contributed by atoms with Gasteiger partial charge in [0.05, 0.1) is 13.2 Å². The molecule has 3 N–H and O–H groups in total. The summed E-state index contributed by atoms with van der Waals surface area (Å²) in [7, 11) is 0. The van der Waals surface area contributed by atoms with Crippen molar-refractivity contribution in [3.63, 3.8) is 0 Å². The Hall–Kier alpha value is -1.64. The van der Waals surface area contributed by atoms with Gasteiger partial charge in [-0.25, -0.2) is 4.99 Å². The first-order valence-electron chi connectivity index (χ1n) is 10.3. The average molecular weight is 508 g/mol. The molecular formula is C23H33IN4O. The van der Waals surface area contributed by atoms with Gasteiger partial charge in [0.2, 0.25) is 0 Å². The van der Waals surface area contributed by atoms with Crippen molar-refractivity contribution in [2.24, 2.45) is 4.99 Å². The lowest BCUT2D eigenvalue weighted by Crippen LogP contribution is -2.37. The summed E-state index contributed by atoms with van der Waals surface area (Å²) in [5.74, 6) is 0.788. The number of guanidine groups is 1. The van der Waals surface area contributed by atoms with E-state index in [0.717, 1.165) is 30.2 Å². The van der Waals surface area contributed by atoms with Crippen LogP contribution in [0.2, 0.25) is 0 Å². The van der Waals surface area contributed by atoms with Gasteiger partial charge in [0.15, 0.2) is 5.96 Å². The van der Waals surface area contributed by atoms with Gasteiger partial charge in [0.1, 0.15) is 0 Å². The smallest absolute Gasteiger partial charge is 0.191 e. The van der Waals surface area contributed by atoms with Gasteiger partial charge in [-0.2, -0.15) is 0 Å². The number of nitrogens with zero attached hydrogens (tertiary/aromatic N) is 2. The predicted octanol–water partition coefficient (Wildman–Crippen LogP) is 3.65. The van der Waals surface area contributed by atoms with E-state index in [4.69, 9.17) is 4.99 Å². The number of nitrogens with one attached hydrogen (secondary N) is 2. The fraction of sp³-hybridized carbons (Fsp3) is 0.435. The molecule has 1 saturated heterocycles. The molecule has 1 aliphatic heterocycles. The fourth-order valence-corrected chi connectivity index (χ4v) is 3.52. The van der Waals surface area contributed by atoms with Gasteiger partial charge in [0, 0.05) is 19.6 Å². The molecule has 0 aromatic heterocycles. The zero-order valence-electron chi connectivity index (χ0n) is 17.2. The van der Waals surface area contributed by atoms with E-state index >= 15 is 0 Å². The number of aliphatic hydroxyl groups is 1. The maximum Gasteiger partial charge on any atom is 0.191 e. The Morgan fingerprint density at radius 1 is 0.966 bits per heavy atom. The van der Waals surface area contributed by atoms with Crippen LogP contribution in [0.25, 0.3) is 0 Å². The molecule has 0 unspecified atom stereocenters. The van der Waals surface area contributed by atoms with Crippen LogP contribution in [-0.2, 0) is 26.2 Å². The highest BCUT2D eigenvalue weighted by Crippen LogP contribution is 2.14. The molecule has 0 spiro atoms. The van der Waals surface area contributed by atoms with E-state index in [0.29, 0.717) is 13.1 Å². The van der Waals surface area contributed by atoms with Gasteiger partial charge < -0.3 is 15.7 Å². The lowest BCUT2D eigenvalue weighted by atomic mass is 10.1. The molecule has 1 heterocycles. The minimum Gasteiger partial charge on any atom is -0.392 e. The van der Waals surface area contributed by atoms with Crippen LogP contribution in [0.15, 0.2) is 53.5 Å². The van der Waals surface area contributed by atoms with E-state index in [9.17, 15) is 5.11 Å². The van der Waals surface area contributed by atoms with E-state index in [-0.39, 0.29) is 30.6 Å². The van der Waals surface area contributed by atoms with Gasteiger partial charge >= 0.3 is 0 Å². The molecule has 158 valence electrons. The highest BCUT2D eigenvalue weighted by Gasteiger charge is 2.11. The summed E-state index contributed by atoms with van der Waals surface area (Å²) in [6.07, 6.45) is 2.66. The predicted molar refractivity (Wildman–Crippen MR) is 130 cm³/mol. The van der Waals surface area contributed by atoms with Gasteiger partial charge in [-0.15, -0.1) is 24.0 Å². The van der Waals surface area contributed by atoms with Crippen molar-refractivity contribution >= 4 is 29.9 Å². The maximum atomic E-state index is 9.47. The lowest BCUT2D eigenvalue weighted by Gasteiger charge is -2.15. The van der Waals surface area contributed by atoms with E-state index in [1.807, 2.05) is 24.3 Å². The number of aliphatic imine (C=N–C) groups is 1. The van der Waals surface area contributed by atoms with E-state index < -0.39 is 0 Å². The number of aliphatic hydroxyl groups excluding tert-OH is 1. The van der Waals surface area contributed by atoms with Gasteiger partial charge in [-0.1, -0.05) is 48.5 Å². The molecule has 2 aromatic rings. The summed E-state index contributed by atoms with van der Waals surface area (Å²) in [5, 5.41) is 16.1. The van der Waals surface area contributed by atoms with Crippen molar-refractivity contribution in [3.8, 4) is 0 Å². The molecule has 0 aliphatic carbocycles. The largest absolute Gasteiger partial charge is 0.392 e. The summed E-state index contributed by atoms with van der Waals surface area (Å²) in [4.78, 5) is 7.23. The van der Waals surface area contributed by atoms with Crippen LogP contribution in [0.1, 0.15) is 42.0 Å². The van der Waals surface area contributed by atoms with Crippen molar-refractivity contribution < 1.29 is 5.11 Å². The second-order valence-electron chi connectivity index (χ2n) is 7.28. The van der Waals surface area contributed by atoms with Crippen LogP contribution in [0.3, 0.4) is 0 Å². The standard InChI is InChI=1S/C23H32N4O.HI/c1-2-24-23(26-16-21-7-3-4-8-22(21)18-28)25-15-19-9-11-20(12-10-19)17-27-13-5-6-14-27;/h3-4,7-12,28H,2,5-6,13-18H2,1H3,(H2,24,25,26);1H. The van der Waals surface area contributed by atoms with Crippen LogP contribution < -0.4 is 10.6 Å². The Bertz CT molecular complexity index is 758. The summed E-state index contributed by atoms with van der Waals surface area (Å²) < 4.78 is 0. The van der Waals surface area contributed by atoms with Crippen molar-refractivity contribution in [1.29, 1.82) is 0 Å². The van der Waals surface area contributed by atoms with Crippen LogP contribution in [0.4, 0.5) is 0 Å². The first-order chi connectivity index (χ1) is 13.8. The normalized spacial score (nSPS) is 14.5. The molecule has 1 aliphatic rings. The molecule has 3 rings (SSSR count). The molecular weight excluding hydrogens is 475 g/mol. The second-order valence-corrected chi connectivity index (χ2v) is 7.28. The number of rotatable bonds is 8. The van der Waals surface area contributed by atoms with Crippen molar-refractivity contribution in [2.75, 3.05) is 19.6 Å². The maximum absolute atomic E-state index is 9.47. The van der Waals surface area contributed by atoms with Gasteiger partial charge in [-0.3, -0.25) is 4.90 Å². The molecule has 0 saturated carbocycles. The van der Waals surface area contributed by atoms with Crippen LogP contribution >= 0.6 is 24.0 Å². The third-order valence-corrected chi connectivity index (χ3v) is 5.13. The Balaban J connectivity index is 0.00000300. The minimum atomic E-state index is 0. The average Bonchev–Trinajstić information content (AvgIpc) is 3.24. The van der Waals surface area contributed by atoms with E-state index in [1.165, 1.54) is 37.1 Å². The van der Waals surface area contributed by atoms with Gasteiger partial charge in [-0.05, 0) is 55.1 Å². The van der Waals surface area contributed by atoms with Crippen molar-refractivity contribution in [1.82, 2.24) is 15.5 Å². The molecule has 6 heteroatoms. The lowest BCUT2D eigenvalue weighted by molar-refractivity contribution is 0.280. The molecule has 1 fully saturated rings. The second kappa shape index (κ2) is 12.8. The summed E-state index contributed by atoms with van der Waals surface area (Å²) in [5.41, 5.74) is 4.61. The highest BCUT2D eigenvalue weighted by atomic mass is 127. The Morgan fingerprint density at radius 2 is 1.62 bits per heavy atom. The Labute approximate surface area is 191 Å². The molecule has 5 nitrogen and oxygen atoms in total. The van der Waals surface area contributed by atoms with Crippen molar-refractivity contribution in [3.05, 3.63) is 70.8 Å².